The van der Waals surface area contributed by atoms with E-state index in [-0.39, 0.29) is 30.0 Å². The molecule has 1 aliphatic heterocycles. The average Bonchev–Trinajstić information content (AvgIpc) is 2.74. The number of nitrogens with zero attached hydrogens (tertiary/aromatic N) is 1. The highest BCUT2D eigenvalue weighted by molar-refractivity contribution is 5.82. The third-order valence-corrected chi connectivity index (χ3v) is 5.10. The molecular weight excluding hydrogens is 371 g/mol. The smallest absolute Gasteiger partial charge is 0.227 e. The van der Waals surface area contributed by atoms with Crippen LogP contribution in [0.3, 0.4) is 0 Å². The van der Waals surface area contributed by atoms with E-state index in [1.165, 1.54) is 17.7 Å². The molecule has 0 radical (unpaired) electrons. The molecule has 0 spiro atoms. The van der Waals surface area contributed by atoms with Crippen LogP contribution in [0.1, 0.15) is 24.0 Å². The predicted molar refractivity (Wildman–Crippen MR) is 109 cm³/mol. The first-order valence-electron chi connectivity index (χ1n) is 10.0. The summed E-state index contributed by atoms with van der Waals surface area (Å²) in [5, 5.41) is 2.91. The van der Waals surface area contributed by atoms with Crippen molar-refractivity contribution in [3.8, 4) is 5.75 Å². The molecule has 154 valence electrons. The van der Waals surface area contributed by atoms with E-state index in [0.29, 0.717) is 26.2 Å². The monoisotopic (exact) mass is 398 g/mol. The summed E-state index contributed by atoms with van der Waals surface area (Å²) in [7, 11) is 0. The number of ether oxygens (including phenoxy) is 1. The van der Waals surface area contributed by atoms with Gasteiger partial charge in [0.15, 0.2) is 0 Å². The molecule has 0 saturated carbocycles. The number of hydrogen-bond donors (Lipinski definition) is 1. The van der Waals surface area contributed by atoms with Gasteiger partial charge >= 0.3 is 0 Å². The van der Waals surface area contributed by atoms with Crippen LogP contribution in [0.4, 0.5) is 4.39 Å². The molecule has 6 heteroatoms. The molecule has 1 N–H and O–H groups in total. The molecule has 1 aliphatic rings. The molecule has 29 heavy (non-hydrogen) atoms. The molecule has 3 rings (SSSR count). The SMILES string of the molecule is Cc1ccc(OCCNC(=O)C2CCCN(C(=O)Cc3ccc(F)cc3)C2)cc1. The molecule has 1 unspecified atom stereocenters. The van der Waals surface area contributed by atoms with Gasteiger partial charge in [-0.2, -0.15) is 0 Å². The van der Waals surface area contributed by atoms with Crippen molar-refractivity contribution in [2.45, 2.75) is 26.2 Å². The van der Waals surface area contributed by atoms with Crippen LogP contribution in [0.15, 0.2) is 48.5 Å². The minimum Gasteiger partial charge on any atom is -0.492 e. The van der Waals surface area contributed by atoms with Crippen molar-refractivity contribution in [2.75, 3.05) is 26.2 Å². The van der Waals surface area contributed by atoms with Crippen molar-refractivity contribution < 1.29 is 18.7 Å². The second-order valence-electron chi connectivity index (χ2n) is 7.43. The summed E-state index contributed by atoms with van der Waals surface area (Å²) >= 11 is 0. The van der Waals surface area contributed by atoms with Crippen LogP contribution >= 0.6 is 0 Å². The number of halogens is 1. The van der Waals surface area contributed by atoms with Gasteiger partial charge in [-0.3, -0.25) is 9.59 Å². The van der Waals surface area contributed by atoms with Crippen molar-refractivity contribution in [3.05, 3.63) is 65.5 Å². The van der Waals surface area contributed by atoms with E-state index in [1.807, 2.05) is 31.2 Å². The van der Waals surface area contributed by atoms with E-state index in [1.54, 1.807) is 17.0 Å². The Morgan fingerprint density at radius 3 is 2.59 bits per heavy atom. The van der Waals surface area contributed by atoms with Gasteiger partial charge < -0.3 is 15.0 Å². The number of carbonyl (C=O) groups is 2. The minimum atomic E-state index is -0.317. The van der Waals surface area contributed by atoms with Gasteiger partial charge in [0.05, 0.1) is 18.9 Å². The van der Waals surface area contributed by atoms with Gasteiger partial charge in [-0.25, -0.2) is 4.39 Å². The van der Waals surface area contributed by atoms with E-state index in [2.05, 4.69) is 5.32 Å². The summed E-state index contributed by atoms with van der Waals surface area (Å²) < 4.78 is 18.6. The van der Waals surface area contributed by atoms with Gasteiger partial charge in [-0.15, -0.1) is 0 Å². The lowest BCUT2D eigenvalue weighted by Gasteiger charge is -2.32. The molecule has 5 nitrogen and oxygen atoms in total. The highest BCUT2D eigenvalue weighted by atomic mass is 19.1. The van der Waals surface area contributed by atoms with Crippen LogP contribution in [0.2, 0.25) is 0 Å². The van der Waals surface area contributed by atoms with Crippen LogP contribution in [0.5, 0.6) is 5.75 Å². The summed E-state index contributed by atoms with van der Waals surface area (Å²) in [5.74, 6) is 0.177. The Kier molecular flexibility index (Phi) is 7.22. The second-order valence-corrected chi connectivity index (χ2v) is 7.43. The lowest BCUT2D eigenvalue weighted by Crippen LogP contribution is -2.46. The van der Waals surface area contributed by atoms with Crippen LogP contribution in [-0.4, -0.2) is 43.0 Å². The zero-order valence-electron chi connectivity index (χ0n) is 16.7. The van der Waals surface area contributed by atoms with Crippen LogP contribution in [0.25, 0.3) is 0 Å². The maximum atomic E-state index is 13.0. The topological polar surface area (TPSA) is 58.6 Å². The van der Waals surface area contributed by atoms with E-state index >= 15 is 0 Å². The van der Waals surface area contributed by atoms with E-state index < -0.39 is 0 Å². The van der Waals surface area contributed by atoms with Crippen LogP contribution in [-0.2, 0) is 16.0 Å². The number of piperidine rings is 1. The number of aryl methyl sites for hydroxylation is 1. The maximum absolute atomic E-state index is 13.0. The van der Waals surface area contributed by atoms with Crippen molar-refractivity contribution in [2.24, 2.45) is 5.92 Å². The maximum Gasteiger partial charge on any atom is 0.227 e. The number of rotatable bonds is 7. The van der Waals surface area contributed by atoms with Gasteiger partial charge in [0, 0.05) is 13.1 Å². The highest BCUT2D eigenvalue weighted by Crippen LogP contribution is 2.18. The molecule has 2 aromatic rings. The fraction of sp³-hybridized carbons (Fsp3) is 0.391. The van der Waals surface area contributed by atoms with Crippen molar-refractivity contribution in [1.82, 2.24) is 10.2 Å². The number of hydrogen-bond acceptors (Lipinski definition) is 3. The summed E-state index contributed by atoms with van der Waals surface area (Å²) in [5.41, 5.74) is 1.94. The molecule has 0 aliphatic carbocycles. The fourth-order valence-electron chi connectivity index (χ4n) is 3.43. The van der Waals surface area contributed by atoms with Crippen molar-refractivity contribution in [3.63, 3.8) is 0 Å². The Morgan fingerprint density at radius 2 is 1.86 bits per heavy atom. The molecule has 2 aromatic carbocycles. The average molecular weight is 398 g/mol. The summed E-state index contributed by atoms with van der Waals surface area (Å²) in [6.07, 6.45) is 1.79. The quantitative estimate of drug-likeness (QED) is 0.729. The Hall–Kier alpha value is -2.89. The van der Waals surface area contributed by atoms with Gasteiger partial charge in [-0.05, 0) is 49.6 Å². The van der Waals surface area contributed by atoms with Gasteiger partial charge in [0.25, 0.3) is 0 Å². The van der Waals surface area contributed by atoms with Crippen molar-refractivity contribution in [1.29, 1.82) is 0 Å². The summed E-state index contributed by atoms with van der Waals surface area (Å²) in [4.78, 5) is 26.7. The molecular formula is C23H27FN2O3. The van der Waals surface area contributed by atoms with Gasteiger partial charge in [-0.1, -0.05) is 29.8 Å². The molecule has 0 aromatic heterocycles. The second kappa shape index (κ2) is 10.0. The first-order chi connectivity index (χ1) is 14.0. The standard InChI is InChI=1S/C23H27FN2O3/c1-17-4-10-21(11-5-17)29-14-12-25-23(28)19-3-2-13-26(16-19)22(27)15-18-6-8-20(24)9-7-18/h4-11,19H,2-3,12-16H2,1H3,(H,25,28). The normalized spacial score (nSPS) is 16.3. The molecule has 2 amide bonds. The molecule has 0 bridgehead atoms. The minimum absolute atomic E-state index is 0.0307. The third-order valence-electron chi connectivity index (χ3n) is 5.10. The molecule has 1 heterocycles. The number of carbonyl (C=O) groups excluding carboxylic acids is 2. The van der Waals surface area contributed by atoms with E-state index in [4.69, 9.17) is 4.74 Å². The first-order valence-corrected chi connectivity index (χ1v) is 10.0. The zero-order chi connectivity index (χ0) is 20.6. The van der Waals surface area contributed by atoms with Gasteiger partial charge in [0.1, 0.15) is 18.2 Å². The Labute approximate surface area is 170 Å². The molecule has 1 atom stereocenters. The summed E-state index contributed by atoms with van der Waals surface area (Å²) in [6, 6.07) is 13.7. The fourth-order valence-corrected chi connectivity index (χ4v) is 3.43. The molecule has 1 saturated heterocycles. The first kappa shape index (κ1) is 20.8. The lowest BCUT2D eigenvalue weighted by molar-refractivity contribution is -0.135. The van der Waals surface area contributed by atoms with E-state index in [0.717, 1.165) is 24.2 Å². The Morgan fingerprint density at radius 1 is 1.14 bits per heavy atom. The Balaban J connectivity index is 1.41. The summed E-state index contributed by atoms with van der Waals surface area (Å²) in [6.45, 7) is 3.91. The number of amides is 2. The lowest BCUT2D eigenvalue weighted by atomic mass is 9.96. The van der Waals surface area contributed by atoms with Crippen molar-refractivity contribution >= 4 is 11.8 Å². The third kappa shape index (κ3) is 6.31. The Bertz CT molecular complexity index is 821. The predicted octanol–water partition coefficient (Wildman–Crippen LogP) is 3.11. The van der Waals surface area contributed by atoms with E-state index in [9.17, 15) is 14.0 Å². The highest BCUT2D eigenvalue weighted by Gasteiger charge is 2.28. The number of likely N-dealkylation sites (tertiary alicyclic amines) is 1. The molecule has 1 fully saturated rings. The largest absolute Gasteiger partial charge is 0.492 e. The van der Waals surface area contributed by atoms with Gasteiger partial charge in [0.2, 0.25) is 11.8 Å². The number of nitrogens with one attached hydrogen (secondary N) is 1. The zero-order valence-corrected chi connectivity index (χ0v) is 16.7. The van der Waals surface area contributed by atoms with Crippen LogP contribution in [0, 0.1) is 18.7 Å². The van der Waals surface area contributed by atoms with Crippen LogP contribution < -0.4 is 10.1 Å². The number of benzene rings is 2.